The van der Waals surface area contributed by atoms with Crippen molar-refractivity contribution in [2.24, 2.45) is 5.92 Å². The van der Waals surface area contributed by atoms with E-state index in [9.17, 15) is 0 Å². The largest absolute Gasteiger partial charge is 0.316 e. The zero-order chi connectivity index (χ0) is 9.86. The van der Waals surface area contributed by atoms with Crippen molar-refractivity contribution in [3.63, 3.8) is 0 Å². The molecule has 1 heterocycles. The molecule has 2 aliphatic rings. The van der Waals surface area contributed by atoms with Crippen LogP contribution in [0.2, 0.25) is 0 Å². The standard InChI is InChI=1S/C12H24N2/c1-12(6-2-3-7-12)14-9-5-11-4-8-13-10-11/h11,13-14H,2-10H2,1H3. The van der Waals surface area contributed by atoms with Gasteiger partial charge in [0.1, 0.15) is 0 Å². The molecule has 2 rings (SSSR count). The Morgan fingerprint density at radius 3 is 2.79 bits per heavy atom. The van der Waals surface area contributed by atoms with Gasteiger partial charge in [0.2, 0.25) is 0 Å². The van der Waals surface area contributed by atoms with E-state index in [1.54, 1.807) is 0 Å². The van der Waals surface area contributed by atoms with Gasteiger partial charge in [-0.3, -0.25) is 0 Å². The van der Waals surface area contributed by atoms with Crippen molar-refractivity contribution < 1.29 is 0 Å². The summed E-state index contributed by atoms with van der Waals surface area (Å²) in [6.45, 7) is 6.11. The molecule has 1 aliphatic heterocycles. The molecule has 2 fully saturated rings. The van der Waals surface area contributed by atoms with Crippen LogP contribution in [0.3, 0.4) is 0 Å². The smallest absolute Gasteiger partial charge is 0.0153 e. The molecule has 0 bridgehead atoms. The Morgan fingerprint density at radius 1 is 1.36 bits per heavy atom. The summed E-state index contributed by atoms with van der Waals surface area (Å²) in [6, 6.07) is 0. The van der Waals surface area contributed by atoms with Crippen LogP contribution in [0.15, 0.2) is 0 Å². The minimum atomic E-state index is 0.478. The average molecular weight is 196 g/mol. The van der Waals surface area contributed by atoms with Crippen molar-refractivity contribution in [3.05, 3.63) is 0 Å². The maximum atomic E-state index is 3.76. The van der Waals surface area contributed by atoms with Gasteiger partial charge in [-0.2, -0.15) is 0 Å². The summed E-state index contributed by atoms with van der Waals surface area (Å²) in [5.74, 6) is 0.938. The first-order valence-electron chi connectivity index (χ1n) is 6.24. The second-order valence-corrected chi connectivity index (χ2v) is 5.34. The fourth-order valence-corrected chi connectivity index (χ4v) is 2.87. The molecule has 1 saturated carbocycles. The molecule has 0 aromatic carbocycles. The number of nitrogens with one attached hydrogen (secondary N) is 2. The molecular weight excluding hydrogens is 172 g/mol. The van der Waals surface area contributed by atoms with Crippen LogP contribution in [0, 0.1) is 5.92 Å². The topological polar surface area (TPSA) is 24.1 Å². The lowest BCUT2D eigenvalue weighted by atomic mass is 9.99. The van der Waals surface area contributed by atoms with Gasteiger partial charge in [0.05, 0.1) is 0 Å². The van der Waals surface area contributed by atoms with Crippen LogP contribution in [0.4, 0.5) is 0 Å². The first kappa shape index (κ1) is 10.4. The molecule has 0 spiro atoms. The Bertz CT molecular complexity index is 167. The van der Waals surface area contributed by atoms with E-state index in [0.717, 1.165) is 5.92 Å². The van der Waals surface area contributed by atoms with Crippen LogP contribution >= 0.6 is 0 Å². The van der Waals surface area contributed by atoms with Gasteiger partial charge in [-0.1, -0.05) is 12.8 Å². The highest BCUT2D eigenvalue weighted by molar-refractivity contribution is 4.88. The average Bonchev–Trinajstić information content (AvgIpc) is 2.77. The first-order valence-corrected chi connectivity index (χ1v) is 6.24. The highest BCUT2D eigenvalue weighted by atomic mass is 15.0. The fourth-order valence-electron chi connectivity index (χ4n) is 2.87. The molecule has 0 aromatic heterocycles. The summed E-state index contributed by atoms with van der Waals surface area (Å²) in [5, 5.41) is 7.19. The van der Waals surface area contributed by atoms with Crippen molar-refractivity contribution >= 4 is 0 Å². The molecule has 1 saturated heterocycles. The van der Waals surface area contributed by atoms with Gasteiger partial charge >= 0.3 is 0 Å². The van der Waals surface area contributed by atoms with E-state index in [1.165, 1.54) is 58.2 Å². The number of rotatable bonds is 4. The zero-order valence-electron chi connectivity index (χ0n) is 9.44. The molecule has 1 atom stereocenters. The number of hydrogen-bond acceptors (Lipinski definition) is 2. The molecule has 14 heavy (non-hydrogen) atoms. The Labute approximate surface area is 87.8 Å². The molecule has 0 aromatic rings. The van der Waals surface area contributed by atoms with Crippen LogP contribution in [-0.4, -0.2) is 25.2 Å². The van der Waals surface area contributed by atoms with Crippen molar-refractivity contribution in [3.8, 4) is 0 Å². The summed E-state index contributed by atoms with van der Waals surface area (Å²) < 4.78 is 0. The minimum absolute atomic E-state index is 0.478. The van der Waals surface area contributed by atoms with E-state index in [0.29, 0.717) is 5.54 Å². The van der Waals surface area contributed by atoms with E-state index >= 15 is 0 Å². The monoisotopic (exact) mass is 196 g/mol. The predicted molar refractivity (Wildman–Crippen MR) is 60.5 cm³/mol. The molecule has 1 unspecified atom stereocenters. The van der Waals surface area contributed by atoms with Gasteiger partial charge in [-0.05, 0) is 58.2 Å². The zero-order valence-corrected chi connectivity index (χ0v) is 9.44. The highest BCUT2D eigenvalue weighted by Gasteiger charge is 2.27. The molecule has 2 heteroatoms. The van der Waals surface area contributed by atoms with Crippen molar-refractivity contribution in [2.75, 3.05) is 19.6 Å². The van der Waals surface area contributed by atoms with E-state index < -0.39 is 0 Å². The highest BCUT2D eigenvalue weighted by Crippen LogP contribution is 2.28. The number of hydrogen-bond donors (Lipinski definition) is 2. The van der Waals surface area contributed by atoms with E-state index in [1.807, 2.05) is 0 Å². The maximum absolute atomic E-state index is 3.76. The Morgan fingerprint density at radius 2 is 2.14 bits per heavy atom. The van der Waals surface area contributed by atoms with Crippen LogP contribution in [0.5, 0.6) is 0 Å². The summed E-state index contributed by atoms with van der Waals surface area (Å²) in [4.78, 5) is 0. The van der Waals surface area contributed by atoms with Crippen molar-refractivity contribution in [1.29, 1.82) is 0 Å². The molecular formula is C12H24N2. The summed E-state index contributed by atoms with van der Waals surface area (Å²) in [7, 11) is 0. The molecule has 82 valence electrons. The maximum Gasteiger partial charge on any atom is 0.0153 e. The Hall–Kier alpha value is -0.0800. The van der Waals surface area contributed by atoms with Gasteiger partial charge in [-0.25, -0.2) is 0 Å². The molecule has 2 N–H and O–H groups in total. The third-order valence-corrected chi connectivity index (χ3v) is 3.97. The fraction of sp³-hybridized carbons (Fsp3) is 1.00. The Kier molecular flexibility index (Phi) is 3.45. The van der Waals surface area contributed by atoms with Crippen LogP contribution in [-0.2, 0) is 0 Å². The second-order valence-electron chi connectivity index (χ2n) is 5.34. The Balaban J connectivity index is 1.61. The van der Waals surface area contributed by atoms with E-state index in [4.69, 9.17) is 0 Å². The lowest BCUT2D eigenvalue weighted by Crippen LogP contribution is -2.40. The molecule has 0 radical (unpaired) electrons. The normalized spacial score (nSPS) is 31.1. The van der Waals surface area contributed by atoms with Crippen LogP contribution in [0.1, 0.15) is 45.4 Å². The quantitative estimate of drug-likeness (QED) is 0.717. The molecule has 1 aliphatic carbocycles. The minimum Gasteiger partial charge on any atom is -0.316 e. The van der Waals surface area contributed by atoms with Crippen molar-refractivity contribution in [2.45, 2.75) is 51.0 Å². The molecule has 2 nitrogen and oxygen atoms in total. The lowest BCUT2D eigenvalue weighted by molar-refractivity contribution is 0.347. The van der Waals surface area contributed by atoms with E-state index in [2.05, 4.69) is 17.6 Å². The van der Waals surface area contributed by atoms with Crippen LogP contribution in [0.25, 0.3) is 0 Å². The third kappa shape index (κ3) is 2.71. The van der Waals surface area contributed by atoms with E-state index in [-0.39, 0.29) is 0 Å². The van der Waals surface area contributed by atoms with Crippen molar-refractivity contribution in [1.82, 2.24) is 10.6 Å². The van der Waals surface area contributed by atoms with Gasteiger partial charge in [0.25, 0.3) is 0 Å². The predicted octanol–water partition coefficient (Wildman–Crippen LogP) is 1.91. The van der Waals surface area contributed by atoms with Gasteiger partial charge in [-0.15, -0.1) is 0 Å². The van der Waals surface area contributed by atoms with Gasteiger partial charge in [0, 0.05) is 5.54 Å². The second kappa shape index (κ2) is 4.63. The summed E-state index contributed by atoms with van der Waals surface area (Å²) in [5.41, 5.74) is 0.478. The van der Waals surface area contributed by atoms with Gasteiger partial charge < -0.3 is 10.6 Å². The third-order valence-electron chi connectivity index (χ3n) is 3.97. The lowest BCUT2D eigenvalue weighted by Gasteiger charge is -2.26. The SMILES string of the molecule is CC1(NCCC2CCNC2)CCCC1. The van der Waals surface area contributed by atoms with Gasteiger partial charge in [0.15, 0.2) is 0 Å². The summed E-state index contributed by atoms with van der Waals surface area (Å²) in [6.07, 6.45) is 8.37. The van der Waals surface area contributed by atoms with Crippen LogP contribution < -0.4 is 10.6 Å². The summed E-state index contributed by atoms with van der Waals surface area (Å²) >= 11 is 0. The molecule has 0 amide bonds. The first-order chi connectivity index (χ1) is 6.79.